The highest BCUT2D eigenvalue weighted by Crippen LogP contribution is 2.41. The number of carbonyl (C=O) groups excluding carboxylic acids is 2. The number of nitrogens with one attached hydrogen (secondary N) is 1. The number of hydrogen-bond donors (Lipinski definition) is 1. The molecule has 1 fully saturated rings. The van der Waals surface area contributed by atoms with E-state index >= 15 is 0 Å². The van der Waals surface area contributed by atoms with Crippen LogP contribution in [0.5, 0.6) is 0 Å². The smallest absolute Gasteiger partial charge is 0.328 e. The van der Waals surface area contributed by atoms with Gasteiger partial charge in [0.1, 0.15) is 0 Å². The minimum absolute atomic E-state index is 0.0896. The van der Waals surface area contributed by atoms with Crippen LogP contribution < -0.4 is 5.32 Å². The van der Waals surface area contributed by atoms with Crippen molar-refractivity contribution in [3.05, 3.63) is 84.9 Å². The average molecular weight is 464 g/mol. The van der Waals surface area contributed by atoms with Crippen molar-refractivity contribution in [1.29, 1.82) is 0 Å². The van der Waals surface area contributed by atoms with Crippen LogP contribution in [0.25, 0.3) is 11.1 Å². The van der Waals surface area contributed by atoms with Gasteiger partial charge in [-0.1, -0.05) is 73.5 Å². The molecule has 0 spiro atoms. The molecule has 3 aromatic rings. The maximum Gasteiger partial charge on any atom is 0.328 e. The van der Waals surface area contributed by atoms with Crippen molar-refractivity contribution in [3.8, 4) is 11.1 Å². The molecule has 170 valence electrons. The van der Waals surface area contributed by atoms with E-state index in [-0.39, 0.29) is 17.7 Å². The molecule has 0 bridgehead atoms. The Hall–Kier alpha value is -3.45. The zero-order valence-corrected chi connectivity index (χ0v) is 18.9. The Morgan fingerprint density at radius 1 is 0.788 bits per heavy atom. The van der Waals surface area contributed by atoms with E-state index in [0.29, 0.717) is 18.5 Å². The molecule has 0 unspecified atom stereocenters. The van der Waals surface area contributed by atoms with E-state index in [1.54, 1.807) is 30.3 Å². The van der Waals surface area contributed by atoms with Crippen LogP contribution in [0.2, 0.25) is 0 Å². The molecule has 1 amide bonds. The zero-order valence-electron chi connectivity index (χ0n) is 18.1. The minimum atomic E-state index is -3.94. The first-order chi connectivity index (χ1) is 15.9. The van der Waals surface area contributed by atoms with Gasteiger partial charge < -0.3 is 10.1 Å². The van der Waals surface area contributed by atoms with Gasteiger partial charge in [0.15, 0.2) is 21.2 Å². The summed E-state index contributed by atoms with van der Waals surface area (Å²) in [6, 6.07) is 25.1. The molecule has 0 aromatic heterocycles. The Balaban J connectivity index is 1.40. The first-order valence-electron chi connectivity index (χ1n) is 10.8. The zero-order chi connectivity index (χ0) is 23.3. The summed E-state index contributed by atoms with van der Waals surface area (Å²) in [7, 11) is -3.94. The second-order valence-electron chi connectivity index (χ2n) is 8.09. The van der Waals surface area contributed by atoms with E-state index in [1.165, 1.54) is 12.1 Å². The predicted molar refractivity (Wildman–Crippen MR) is 126 cm³/mol. The number of esters is 1. The largest absolute Gasteiger partial charge is 0.454 e. The van der Waals surface area contributed by atoms with Gasteiger partial charge in [-0.3, -0.25) is 9.59 Å². The number of sulfone groups is 1. The standard InChI is InChI=1S/C26H25NO5S/c28-24(27-22-15-13-21(14-16-22)20-9-3-1-4-10-20)19-32-25(29)26(17-7-8-18-26)33(30,31)23-11-5-2-6-12-23/h1-6,9-16H,7-8,17-19H2,(H,27,28). The normalized spacial score (nSPS) is 15.0. The molecule has 0 heterocycles. The molecule has 3 aromatic carbocycles. The topological polar surface area (TPSA) is 89.5 Å². The maximum absolute atomic E-state index is 13.3. The van der Waals surface area contributed by atoms with Crippen molar-refractivity contribution in [2.75, 3.05) is 11.9 Å². The Morgan fingerprint density at radius 3 is 1.94 bits per heavy atom. The van der Waals surface area contributed by atoms with E-state index in [1.807, 2.05) is 42.5 Å². The molecule has 4 rings (SSSR count). The number of rotatable bonds is 7. The van der Waals surface area contributed by atoms with Crippen LogP contribution in [0.1, 0.15) is 25.7 Å². The molecule has 6 nitrogen and oxygen atoms in total. The van der Waals surface area contributed by atoms with Crippen molar-refractivity contribution >= 4 is 27.4 Å². The van der Waals surface area contributed by atoms with Crippen molar-refractivity contribution in [3.63, 3.8) is 0 Å². The summed E-state index contributed by atoms with van der Waals surface area (Å²) in [5, 5.41) is 2.68. The van der Waals surface area contributed by atoms with Gasteiger partial charge in [-0.25, -0.2) is 8.42 Å². The molecule has 0 aliphatic heterocycles. The molecule has 1 aliphatic carbocycles. The molecule has 0 saturated heterocycles. The van der Waals surface area contributed by atoms with Crippen molar-refractivity contribution in [2.24, 2.45) is 0 Å². The number of benzene rings is 3. The van der Waals surface area contributed by atoms with E-state index in [4.69, 9.17) is 4.74 Å². The summed E-state index contributed by atoms with van der Waals surface area (Å²) in [6.07, 6.45) is 1.60. The second-order valence-corrected chi connectivity index (χ2v) is 10.3. The summed E-state index contributed by atoms with van der Waals surface area (Å²) in [5.41, 5.74) is 2.63. The molecule has 1 aliphatic rings. The highest BCUT2D eigenvalue weighted by atomic mass is 32.2. The molecular formula is C26H25NO5S. The number of amides is 1. The highest BCUT2D eigenvalue weighted by molar-refractivity contribution is 7.93. The molecule has 1 saturated carbocycles. The third-order valence-corrected chi connectivity index (χ3v) is 8.46. The van der Waals surface area contributed by atoms with Gasteiger partial charge in [-0.15, -0.1) is 0 Å². The average Bonchev–Trinajstić information content (AvgIpc) is 3.36. The van der Waals surface area contributed by atoms with Crippen LogP contribution in [0, 0.1) is 0 Å². The fourth-order valence-corrected chi connectivity index (χ4v) is 6.26. The number of anilines is 1. The van der Waals surface area contributed by atoms with Gasteiger partial charge >= 0.3 is 5.97 Å². The lowest BCUT2D eigenvalue weighted by Crippen LogP contribution is -2.46. The van der Waals surface area contributed by atoms with Crippen molar-refractivity contribution in [2.45, 2.75) is 35.3 Å². The number of ether oxygens (including phenoxy) is 1. The Labute approximate surface area is 193 Å². The minimum Gasteiger partial charge on any atom is -0.454 e. The van der Waals surface area contributed by atoms with Crippen LogP contribution in [0.4, 0.5) is 5.69 Å². The van der Waals surface area contributed by atoms with Crippen LogP contribution >= 0.6 is 0 Å². The summed E-state index contributed by atoms with van der Waals surface area (Å²) in [6.45, 7) is -0.550. The van der Waals surface area contributed by atoms with Crippen molar-refractivity contribution < 1.29 is 22.7 Å². The summed E-state index contributed by atoms with van der Waals surface area (Å²) >= 11 is 0. The first kappa shape index (κ1) is 22.7. The third-order valence-electron chi connectivity index (χ3n) is 5.96. The van der Waals surface area contributed by atoms with Crippen LogP contribution in [0.3, 0.4) is 0 Å². The van der Waals surface area contributed by atoms with Crippen molar-refractivity contribution in [1.82, 2.24) is 0 Å². The molecule has 33 heavy (non-hydrogen) atoms. The van der Waals surface area contributed by atoms with E-state index in [0.717, 1.165) is 11.1 Å². The summed E-state index contributed by atoms with van der Waals surface area (Å²) < 4.78 is 30.1. The van der Waals surface area contributed by atoms with E-state index in [9.17, 15) is 18.0 Å². The third kappa shape index (κ3) is 4.68. The molecular weight excluding hydrogens is 438 g/mol. The predicted octanol–water partition coefficient (Wildman–Crippen LogP) is 4.62. The monoisotopic (exact) mass is 463 g/mol. The van der Waals surface area contributed by atoms with Crippen LogP contribution in [0.15, 0.2) is 89.8 Å². The van der Waals surface area contributed by atoms with Crippen LogP contribution in [-0.4, -0.2) is 31.6 Å². The van der Waals surface area contributed by atoms with Gasteiger partial charge in [0.05, 0.1) is 4.90 Å². The van der Waals surface area contributed by atoms with Gasteiger partial charge in [0, 0.05) is 5.69 Å². The lowest BCUT2D eigenvalue weighted by atomic mass is 10.1. The Bertz CT molecular complexity index is 1220. The van der Waals surface area contributed by atoms with Gasteiger partial charge in [0.25, 0.3) is 5.91 Å². The fraction of sp³-hybridized carbons (Fsp3) is 0.231. The summed E-state index contributed by atoms with van der Waals surface area (Å²) in [5.74, 6) is -1.39. The SMILES string of the molecule is O=C(COC(=O)C1(S(=O)(=O)c2ccccc2)CCCC1)Nc1ccc(-c2ccccc2)cc1. The molecule has 1 N–H and O–H groups in total. The maximum atomic E-state index is 13.3. The number of hydrogen-bond acceptors (Lipinski definition) is 5. The lowest BCUT2D eigenvalue weighted by Gasteiger charge is -2.26. The fourth-order valence-electron chi connectivity index (χ4n) is 4.19. The molecule has 0 radical (unpaired) electrons. The number of carbonyl (C=O) groups is 2. The van der Waals surface area contributed by atoms with Gasteiger partial charge in [0.2, 0.25) is 0 Å². The quantitative estimate of drug-likeness (QED) is 0.517. The van der Waals surface area contributed by atoms with Crippen LogP contribution in [-0.2, 0) is 24.2 Å². The second kappa shape index (κ2) is 9.58. The Kier molecular flexibility index (Phi) is 6.60. The highest BCUT2D eigenvalue weighted by Gasteiger charge is 2.54. The molecule has 0 atom stereocenters. The van der Waals surface area contributed by atoms with E-state index < -0.39 is 33.1 Å². The van der Waals surface area contributed by atoms with Gasteiger partial charge in [-0.2, -0.15) is 0 Å². The van der Waals surface area contributed by atoms with Gasteiger partial charge in [-0.05, 0) is 48.2 Å². The first-order valence-corrected chi connectivity index (χ1v) is 12.3. The summed E-state index contributed by atoms with van der Waals surface area (Å²) in [4.78, 5) is 25.4. The lowest BCUT2D eigenvalue weighted by molar-refractivity contribution is -0.149. The molecule has 7 heteroatoms. The van der Waals surface area contributed by atoms with E-state index in [2.05, 4.69) is 5.32 Å². The Morgan fingerprint density at radius 2 is 1.33 bits per heavy atom.